The van der Waals surface area contributed by atoms with Crippen LogP contribution in [0.1, 0.15) is 42.3 Å². The number of aromatic nitrogens is 1. The Morgan fingerprint density at radius 1 is 1.26 bits per heavy atom. The summed E-state index contributed by atoms with van der Waals surface area (Å²) in [6.45, 7) is 8.22. The molecule has 0 radical (unpaired) electrons. The van der Waals surface area contributed by atoms with Crippen molar-refractivity contribution >= 4 is 28.6 Å². The molecular weight excluding hydrogens is 324 g/mol. The number of nitrogens with one attached hydrogen (secondary N) is 2. The molecule has 0 aliphatic rings. The quantitative estimate of drug-likeness (QED) is 0.589. The summed E-state index contributed by atoms with van der Waals surface area (Å²) >= 11 is 3.55. The third kappa shape index (κ3) is 5.95. The molecule has 4 nitrogen and oxygen atoms in total. The van der Waals surface area contributed by atoms with Crippen LogP contribution in [0.25, 0.3) is 0 Å². The molecule has 1 unspecified atom stereocenters. The Morgan fingerprint density at radius 2 is 2.09 bits per heavy atom. The first kappa shape index (κ1) is 17.9. The van der Waals surface area contributed by atoms with Crippen molar-refractivity contribution in [1.29, 1.82) is 0 Å². The molecule has 2 aromatic rings. The van der Waals surface area contributed by atoms with Crippen molar-refractivity contribution in [2.75, 3.05) is 13.6 Å². The summed E-state index contributed by atoms with van der Waals surface area (Å²) < 4.78 is 0. The third-order valence-corrected chi connectivity index (χ3v) is 5.56. The molecule has 23 heavy (non-hydrogen) atoms. The van der Waals surface area contributed by atoms with E-state index >= 15 is 0 Å². The van der Waals surface area contributed by atoms with Crippen molar-refractivity contribution in [2.24, 2.45) is 10.9 Å². The lowest BCUT2D eigenvalue weighted by atomic mass is 10.1. The molecule has 0 amide bonds. The lowest BCUT2D eigenvalue weighted by molar-refractivity contribution is 0.562. The summed E-state index contributed by atoms with van der Waals surface area (Å²) in [4.78, 5) is 10.4. The van der Waals surface area contributed by atoms with Gasteiger partial charge in [0, 0.05) is 29.8 Å². The van der Waals surface area contributed by atoms with Gasteiger partial charge in [-0.05, 0) is 23.8 Å². The first-order chi connectivity index (χ1) is 11.1. The molecular formula is C17H26N4S2. The van der Waals surface area contributed by atoms with Gasteiger partial charge >= 0.3 is 0 Å². The Kier molecular flexibility index (Phi) is 7.05. The van der Waals surface area contributed by atoms with Crippen LogP contribution in [0, 0.1) is 5.92 Å². The van der Waals surface area contributed by atoms with E-state index < -0.39 is 0 Å². The van der Waals surface area contributed by atoms with Crippen LogP contribution in [0.3, 0.4) is 0 Å². The van der Waals surface area contributed by atoms with E-state index in [-0.39, 0.29) is 0 Å². The number of rotatable bonds is 7. The van der Waals surface area contributed by atoms with Gasteiger partial charge in [-0.2, -0.15) is 0 Å². The van der Waals surface area contributed by atoms with Crippen molar-refractivity contribution in [2.45, 2.75) is 39.7 Å². The lowest BCUT2D eigenvalue weighted by Gasteiger charge is -2.15. The van der Waals surface area contributed by atoms with Gasteiger partial charge in [0.15, 0.2) is 5.96 Å². The monoisotopic (exact) mass is 350 g/mol. The molecule has 2 heterocycles. The predicted molar refractivity (Wildman–Crippen MR) is 102 cm³/mol. The molecule has 2 rings (SSSR count). The number of thiophene rings is 1. The Balaban J connectivity index is 1.74. The Bertz CT molecular complexity index is 602. The number of hydrogen-bond acceptors (Lipinski definition) is 4. The van der Waals surface area contributed by atoms with E-state index in [1.54, 1.807) is 18.4 Å². The topological polar surface area (TPSA) is 49.3 Å². The number of aliphatic imine (C=N–C) groups is 1. The van der Waals surface area contributed by atoms with E-state index in [0.717, 1.165) is 24.6 Å². The van der Waals surface area contributed by atoms with Crippen LogP contribution < -0.4 is 10.6 Å². The molecule has 1 atom stereocenters. The number of guanidine groups is 1. The van der Waals surface area contributed by atoms with Crippen LogP contribution in [0.15, 0.2) is 27.9 Å². The SMILES string of the molecule is CN=C(NCc1csc(C(C)C)n1)NCC(C)Cc1cccs1. The zero-order valence-electron chi connectivity index (χ0n) is 14.3. The van der Waals surface area contributed by atoms with Gasteiger partial charge in [-0.3, -0.25) is 4.99 Å². The van der Waals surface area contributed by atoms with Crippen LogP contribution in [0.4, 0.5) is 0 Å². The number of nitrogens with zero attached hydrogens (tertiary/aromatic N) is 2. The summed E-state index contributed by atoms with van der Waals surface area (Å²) in [7, 11) is 1.81. The first-order valence-corrected chi connectivity index (χ1v) is 9.75. The van der Waals surface area contributed by atoms with Gasteiger partial charge in [-0.15, -0.1) is 22.7 Å². The molecule has 0 saturated heterocycles. The largest absolute Gasteiger partial charge is 0.356 e. The van der Waals surface area contributed by atoms with Gasteiger partial charge in [0.25, 0.3) is 0 Å². The molecule has 0 aromatic carbocycles. The highest BCUT2D eigenvalue weighted by Crippen LogP contribution is 2.19. The standard InChI is InChI=1S/C17H26N4S2/c1-12(2)16-21-14(11-23-16)10-20-17(18-4)19-9-13(3)8-15-6-5-7-22-15/h5-7,11-13H,8-10H2,1-4H3,(H2,18,19,20). The minimum atomic E-state index is 0.490. The second kappa shape index (κ2) is 9.03. The molecule has 0 saturated carbocycles. The van der Waals surface area contributed by atoms with Crippen molar-refractivity contribution in [3.8, 4) is 0 Å². The zero-order chi connectivity index (χ0) is 16.7. The summed E-state index contributed by atoms with van der Waals surface area (Å²) in [5.74, 6) is 1.89. The maximum atomic E-state index is 4.64. The summed E-state index contributed by atoms with van der Waals surface area (Å²) in [5.41, 5.74) is 1.08. The maximum Gasteiger partial charge on any atom is 0.191 e. The highest BCUT2D eigenvalue weighted by Gasteiger charge is 2.08. The van der Waals surface area contributed by atoms with Gasteiger partial charge in [0.2, 0.25) is 0 Å². The van der Waals surface area contributed by atoms with E-state index in [0.29, 0.717) is 18.4 Å². The molecule has 6 heteroatoms. The Labute approximate surface area is 147 Å². The first-order valence-electron chi connectivity index (χ1n) is 7.99. The highest BCUT2D eigenvalue weighted by atomic mass is 32.1. The van der Waals surface area contributed by atoms with E-state index in [1.165, 1.54) is 9.88 Å². The summed E-state index contributed by atoms with van der Waals surface area (Å²) in [5, 5.41) is 12.2. The highest BCUT2D eigenvalue weighted by molar-refractivity contribution is 7.10. The number of hydrogen-bond donors (Lipinski definition) is 2. The normalized spacial score (nSPS) is 13.3. The molecule has 0 aliphatic heterocycles. The van der Waals surface area contributed by atoms with Crippen molar-refractivity contribution in [1.82, 2.24) is 15.6 Å². The average Bonchev–Trinajstić information content (AvgIpc) is 3.18. The van der Waals surface area contributed by atoms with Crippen molar-refractivity contribution in [3.05, 3.63) is 38.5 Å². The lowest BCUT2D eigenvalue weighted by Crippen LogP contribution is -2.39. The van der Waals surface area contributed by atoms with Crippen LogP contribution in [-0.4, -0.2) is 24.5 Å². The second-order valence-electron chi connectivity index (χ2n) is 6.03. The van der Waals surface area contributed by atoms with E-state index in [9.17, 15) is 0 Å². The summed E-state index contributed by atoms with van der Waals surface area (Å²) in [6.07, 6.45) is 1.10. The fraction of sp³-hybridized carbons (Fsp3) is 0.529. The van der Waals surface area contributed by atoms with Gasteiger partial charge < -0.3 is 10.6 Å². The van der Waals surface area contributed by atoms with Crippen LogP contribution in [0.5, 0.6) is 0 Å². The second-order valence-corrected chi connectivity index (χ2v) is 7.95. The van der Waals surface area contributed by atoms with Crippen LogP contribution in [-0.2, 0) is 13.0 Å². The molecule has 0 spiro atoms. The Hall–Kier alpha value is -1.40. The molecule has 2 aromatic heterocycles. The van der Waals surface area contributed by atoms with E-state index in [2.05, 4.69) is 64.3 Å². The molecule has 0 aliphatic carbocycles. The fourth-order valence-corrected chi connectivity index (χ4v) is 3.88. The smallest absolute Gasteiger partial charge is 0.191 e. The van der Waals surface area contributed by atoms with Crippen LogP contribution in [0.2, 0.25) is 0 Å². The molecule has 2 N–H and O–H groups in total. The minimum absolute atomic E-state index is 0.490. The molecule has 0 fully saturated rings. The van der Waals surface area contributed by atoms with E-state index in [4.69, 9.17) is 0 Å². The van der Waals surface area contributed by atoms with Gasteiger partial charge in [-0.1, -0.05) is 26.8 Å². The van der Waals surface area contributed by atoms with Gasteiger partial charge in [0.05, 0.1) is 17.2 Å². The fourth-order valence-electron chi connectivity index (χ4n) is 2.18. The zero-order valence-corrected chi connectivity index (χ0v) is 15.9. The van der Waals surface area contributed by atoms with Gasteiger partial charge in [-0.25, -0.2) is 4.98 Å². The molecule has 0 bridgehead atoms. The van der Waals surface area contributed by atoms with Crippen molar-refractivity contribution < 1.29 is 0 Å². The molecule has 126 valence electrons. The van der Waals surface area contributed by atoms with Crippen molar-refractivity contribution in [3.63, 3.8) is 0 Å². The Morgan fingerprint density at radius 3 is 2.70 bits per heavy atom. The maximum absolute atomic E-state index is 4.64. The number of thiazole rings is 1. The third-order valence-electron chi connectivity index (χ3n) is 3.47. The van der Waals surface area contributed by atoms with Crippen LogP contribution >= 0.6 is 22.7 Å². The van der Waals surface area contributed by atoms with Gasteiger partial charge in [0.1, 0.15) is 0 Å². The predicted octanol–water partition coefficient (Wildman–Crippen LogP) is 3.87. The average molecular weight is 351 g/mol. The van der Waals surface area contributed by atoms with E-state index in [1.807, 2.05) is 11.3 Å². The summed E-state index contributed by atoms with van der Waals surface area (Å²) in [6, 6.07) is 4.31. The minimum Gasteiger partial charge on any atom is -0.356 e.